The van der Waals surface area contributed by atoms with Crippen LogP contribution >= 0.6 is 15.9 Å². The second-order valence-electron chi connectivity index (χ2n) is 9.34. The van der Waals surface area contributed by atoms with Crippen LogP contribution in [-0.4, -0.2) is 45.2 Å². The van der Waals surface area contributed by atoms with Crippen LogP contribution in [0.3, 0.4) is 0 Å². The molecular formula is C33H29BrN4O5. The number of rotatable bonds is 10. The van der Waals surface area contributed by atoms with E-state index in [0.717, 1.165) is 5.69 Å². The molecule has 218 valence electrons. The lowest BCUT2D eigenvalue weighted by Crippen LogP contribution is -2.32. The van der Waals surface area contributed by atoms with Crippen LogP contribution < -0.4 is 25.1 Å². The van der Waals surface area contributed by atoms with Crippen molar-refractivity contribution in [1.29, 1.82) is 0 Å². The van der Waals surface area contributed by atoms with E-state index >= 15 is 0 Å². The zero-order chi connectivity index (χ0) is 30.8. The highest BCUT2D eigenvalue weighted by Gasteiger charge is 2.16. The first kappa shape index (κ1) is 30.7. The van der Waals surface area contributed by atoms with Crippen molar-refractivity contribution in [3.8, 4) is 11.5 Å². The molecular weight excluding hydrogens is 612 g/mol. The molecule has 0 aliphatic carbocycles. The van der Waals surface area contributed by atoms with Crippen molar-refractivity contribution in [2.24, 2.45) is 5.10 Å². The number of hydrogen-bond acceptors (Lipinski definition) is 7. The molecule has 0 aromatic heterocycles. The van der Waals surface area contributed by atoms with Gasteiger partial charge in [-0.05, 0) is 87.7 Å². The standard InChI is InChI=1S/C33H29BrN4O5/c1-38(2)25-16-13-22(14-17-25)19-28(36-31(39)24-9-5-4-6-10-24)32(40)37-35-21-23-15-18-29(30(20-23)42-3)43-33(41)26-11-7-8-12-27(26)34/h4-21H,1-3H3,(H,36,39)(H,37,40)/b28-19-,35-21-. The van der Waals surface area contributed by atoms with E-state index < -0.39 is 17.8 Å². The van der Waals surface area contributed by atoms with Gasteiger partial charge in [0.1, 0.15) is 5.70 Å². The van der Waals surface area contributed by atoms with Gasteiger partial charge in [0.05, 0.1) is 18.9 Å². The van der Waals surface area contributed by atoms with E-state index in [1.54, 1.807) is 78.9 Å². The second kappa shape index (κ2) is 14.6. The van der Waals surface area contributed by atoms with E-state index in [9.17, 15) is 14.4 Å². The number of amides is 2. The lowest BCUT2D eigenvalue weighted by molar-refractivity contribution is -0.117. The molecule has 4 aromatic carbocycles. The van der Waals surface area contributed by atoms with Crippen molar-refractivity contribution in [2.45, 2.75) is 0 Å². The number of esters is 1. The number of benzene rings is 4. The van der Waals surface area contributed by atoms with Gasteiger partial charge in [0, 0.05) is 29.8 Å². The highest BCUT2D eigenvalue weighted by atomic mass is 79.9. The van der Waals surface area contributed by atoms with E-state index in [-0.39, 0.29) is 11.4 Å². The summed E-state index contributed by atoms with van der Waals surface area (Å²) < 4.78 is 11.5. The fourth-order valence-electron chi connectivity index (χ4n) is 3.83. The normalized spacial score (nSPS) is 11.1. The molecule has 4 rings (SSSR count). The van der Waals surface area contributed by atoms with Crippen molar-refractivity contribution in [2.75, 3.05) is 26.1 Å². The van der Waals surface area contributed by atoms with E-state index in [1.165, 1.54) is 13.3 Å². The zero-order valence-electron chi connectivity index (χ0n) is 23.7. The number of nitrogens with zero attached hydrogens (tertiary/aromatic N) is 2. The lowest BCUT2D eigenvalue weighted by atomic mass is 10.1. The van der Waals surface area contributed by atoms with Crippen LogP contribution in [0.1, 0.15) is 31.8 Å². The number of methoxy groups -OCH3 is 1. The van der Waals surface area contributed by atoms with E-state index in [4.69, 9.17) is 9.47 Å². The summed E-state index contributed by atoms with van der Waals surface area (Å²) in [5.41, 5.74) is 5.51. The predicted octanol–water partition coefficient (Wildman–Crippen LogP) is 5.66. The van der Waals surface area contributed by atoms with Crippen LogP contribution in [-0.2, 0) is 4.79 Å². The van der Waals surface area contributed by atoms with Crippen LogP contribution in [0.4, 0.5) is 5.69 Å². The van der Waals surface area contributed by atoms with Gasteiger partial charge in [-0.3, -0.25) is 9.59 Å². The van der Waals surface area contributed by atoms with Crippen LogP contribution in [0.2, 0.25) is 0 Å². The topological polar surface area (TPSA) is 109 Å². The SMILES string of the molecule is COc1cc(/C=N\NC(=O)/C(=C/c2ccc(N(C)C)cc2)NC(=O)c2ccccc2)ccc1OC(=O)c1ccccc1Br. The van der Waals surface area contributed by atoms with Gasteiger partial charge in [-0.15, -0.1) is 0 Å². The summed E-state index contributed by atoms with van der Waals surface area (Å²) in [5.74, 6) is -1.09. The zero-order valence-corrected chi connectivity index (χ0v) is 25.3. The third kappa shape index (κ3) is 8.40. The number of ether oxygens (including phenoxy) is 2. The molecule has 4 aromatic rings. The molecule has 43 heavy (non-hydrogen) atoms. The summed E-state index contributed by atoms with van der Waals surface area (Å²) in [4.78, 5) is 40.6. The Bertz CT molecular complexity index is 1670. The molecule has 0 saturated carbocycles. The molecule has 9 nitrogen and oxygen atoms in total. The summed E-state index contributed by atoms with van der Waals surface area (Å²) in [6, 6.07) is 27.9. The molecule has 0 spiro atoms. The van der Waals surface area contributed by atoms with Gasteiger partial charge in [0.2, 0.25) is 0 Å². The molecule has 0 radical (unpaired) electrons. The molecule has 10 heteroatoms. The fraction of sp³-hybridized carbons (Fsp3) is 0.0909. The van der Waals surface area contributed by atoms with Crippen molar-refractivity contribution >= 4 is 51.7 Å². The van der Waals surface area contributed by atoms with Gasteiger partial charge < -0.3 is 19.7 Å². The minimum Gasteiger partial charge on any atom is -0.493 e. The Labute approximate surface area is 258 Å². The number of nitrogens with one attached hydrogen (secondary N) is 2. The maximum Gasteiger partial charge on any atom is 0.344 e. The molecule has 0 atom stereocenters. The second-order valence-corrected chi connectivity index (χ2v) is 10.2. The van der Waals surface area contributed by atoms with E-state index in [0.29, 0.717) is 32.5 Å². The van der Waals surface area contributed by atoms with Crippen LogP contribution in [0.25, 0.3) is 6.08 Å². The van der Waals surface area contributed by atoms with Gasteiger partial charge in [0.15, 0.2) is 11.5 Å². The van der Waals surface area contributed by atoms with Gasteiger partial charge >= 0.3 is 5.97 Å². The highest BCUT2D eigenvalue weighted by molar-refractivity contribution is 9.10. The number of carbonyl (C=O) groups is 3. The fourth-order valence-corrected chi connectivity index (χ4v) is 4.28. The maximum absolute atomic E-state index is 13.1. The van der Waals surface area contributed by atoms with Crippen LogP contribution in [0.5, 0.6) is 11.5 Å². The van der Waals surface area contributed by atoms with Gasteiger partial charge in [-0.1, -0.05) is 42.5 Å². The van der Waals surface area contributed by atoms with Gasteiger partial charge in [-0.2, -0.15) is 5.10 Å². The molecule has 0 bridgehead atoms. The minimum atomic E-state index is -0.622. The van der Waals surface area contributed by atoms with Gasteiger partial charge in [-0.25, -0.2) is 10.2 Å². The highest BCUT2D eigenvalue weighted by Crippen LogP contribution is 2.29. The quantitative estimate of drug-likeness (QED) is 0.0761. The number of halogens is 1. The first-order chi connectivity index (χ1) is 20.7. The van der Waals surface area contributed by atoms with Crippen LogP contribution in [0, 0.1) is 0 Å². The summed E-state index contributed by atoms with van der Waals surface area (Å²) in [7, 11) is 5.31. The minimum absolute atomic E-state index is 0.00974. The summed E-state index contributed by atoms with van der Waals surface area (Å²) >= 11 is 3.35. The Morgan fingerprint density at radius 2 is 1.51 bits per heavy atom. The van der Waals surface area contributed by atoms with Gasteiger partial charge in [0.25, 0.3) is 11.8 Å². The number of hydrogen-bond donors (Lipinski definition) is 2. The van der Waals surface area contributed by atoms with Crippen molar-refractivity contribution in [1.82, 2.24) is 10.7 Å². The summed E-state index contributed by atoms with van der Waals surface area (Å²) in [5, 5.41) is 6.74. The summed E-state index contributed by atoms with van der Waals surface area (Å²) in [6.07, 6.45) is 2.98. The maximum atomic E-state index is 13.1. The first-order valence-corrected chi connectivity index (χ1v) is 13.9. The summed E-state index contributed by atoms with van der Waals surface area (Å²) in [6.45, 7) is 0. The Kier molecular flexibility index (Phi) is 10.4. The lowest BCUT2D eigenvalue weighted by Gasteiger charge is -2.13. The molecule has 2 amide bonds. The van der Waals surface area contributed by atoms with E-state index in [1.807, 2.05) is 43.3 Å². The average molecular weight is 642 g/mol. The number of anilines is 1. The molecule has 2 N–H and O–H groups in total. The number of carbonyl (C=O) groups excluding carboxylic acids is 3. The molecule has 0 saturated heterocycles. The molecule has 0 aliphatic heterocycles. The number of hydrazone groups is 1. The predicted molar refractivity (Wildman–Crippen MR) is 170 cm³/mol. The van der Waals surface area contributed by atoms with Crippen molar-refractivity contribution in [3.63, 3.8) is 0 Å². The van der Waals surface area contributed by atoms with Crippen molar-refractivity contribution < 1.29 is 23.9 Å². The Balaban J connectivity index is 1.49. The monoisotopic (exact) mass is 640 g/mol. The molecule has 0 unspecified atom stereocenters. The molecule has 0 aliphatic rings. The third-order valence-corrected chi connectivity index (χ3v) is 6.80. The van der Waals surface area contributed by atoms with Crippen LogP contribution in [0.15, 0.2) is 112 Å². The first-order valence-electron chi connectivity index (χ1n) is 13.1. The average Bonchev–Trinajstić information content (AvgIpc) is 3.02. The van der Waals surface area contributed by atoms with Crippen molar-refractivity contribution in [3.05, 3.63) is 129 Å². The Morgan fingerprint density at radius 1 is 0.837 bits per heavy atom. The smallest absolute Gasteiger partial charge is 0.344 e. The Hall–Kier alpha value is -5.22. The third-order valence-electron chi connectivity index (χ3n) is 6.11. The Morgan fingerprint density at radius 3 is 2.19 bits per heavy atom. The largest absolute Gasteiger partial charge is 0.493 e. The molecule has 0 fully saturated rings. The van der Waals surface area contributed by atoms with E-state index in [2.05, 4.69) is 31.8 Å². The molecule has 0 heterocycles.